The summed E-state index contributed by atoms with van der Waals surface area (Å²) in [7, 11) is 0. The summed E-state index contributed by atoms with van der Waals surface area (Å²) in [5.41, 5.74) is 5.53. The molecule has 2 N–H and O–H groups in total. The zero-order valence-corrected chi connectivity index (χ0v) is 15.9. The molecule has 0 amide bonds. The van der Waals surface area contributed by atoms with Crippen LogP contribution in [0, 0.1) is 0 Å². The summed E-state index contributed by atoms with van der Waals surface area (Å²) in [6, 6.07) is 10.9. The summed E-state index contributed by atoms with van der Waals surface area (Å²) in [6.07, 6.45) is 4.50. The summed E-state index contributed by atoms with van der Waals surface area (Å²) in [5, 5.41) is 1.15. The minimum Gasteiger partial charge on any atom is -0.377 e. The highest BCUT2D eigenvalue weighted by molar-refractivity contribution is 5.96. The third kappa shape index (κ3) is 2.52. The number of nitrogens with zero attached hydrogens (tertiary/aromatic N) is 3. The van der Waals surface area contributed by atoms with Gasteiger partial charge in [-0.15, -0.1) is 0 Å². The van der Waals surface area contributed by atoms with Gasteiger partial charge in [-0.25, -0.2) is 9.97 Å². The highest BCUT2D eigenvalue weighted by Gasteiger charge is 2.29. The number of rotatable bonds is 3. The normalized spacial score (nSPS) is 20.3. The lowest BCUT2D eigenvalue weighted by Gasteiger charge is -2.34. The van der Waals surface area contributed by atoms with E-state index in [0.717, 1.165) is 58.9 Å². The van der Waals surface area contributed by atoms with Crippen LogP contribution in [0.25, 0.3) is 33.3 Å². The maximum atomic E-state index is 5.66. The van der Waals surface area contributed by atoms with Crippen LogP contribution in [0.3, 0.4) is 0 Å². The molecule has 1 atom stereocenters. The zero-order valence-electron chi connectivity index (χ0n) is 15.9. The van der Waals surface area contributed by atoms with E-state index in [4.69, 9.17) is 14.7 Å². The lowest BCUT2D eigenvalue weighted by Crippen LogP contribution is -2.44. The fourth-order valence-electron chi connectivity index (χ4n) is 4.28. The summed E-state index contributed by atoms with van der Waals surface area (Å²) in [4.78, 5) is 19.3. The number of morpholine rings is 1. The number of hydrogen-bond acceptors (Lipinski definition) is 4. The van der Waals surface area contributed by atoms with Gasteiger partial charge in [-0.05, 0) is 43.9 Å². The van der Waals surface area contributed by atoms with Crippen LogP contribution in [0.4, 0.5) is 5.82 Å². The molecular formula is C22H23N5O. The van der Waals surface area contributed by atoms with Gasteiger partial charge in [0.1, 0.15) is 5.52 Å². The second-order valence-electron chi connectivity index (χ2n) is 7.99. The second kappa shape index (κ2) is 6.07. The van der Waals surface area contributed by atoms with Gasteiger partial charge in [0.15, 0.2) is 11.6 Å². The second-order valence-corrected chi connectivity index (χ2v) is 7.99. The van der Waals surface area contributed by atoms with Crippen LogP contribution in [0.2, 0.25) is 0 Å². The van der Waals surface area contributed by atoms with Gasteiger partial charge in [-0.2, -0.15) is 0 Å². The van der Waals surface area contributed by atoms with E-state index in [-0.39, 0.29) is 6.04 Å². The standard InChI is InChI=1S/C22H23N5O/c1-13-12-28-10-9-27(13)22-20-19(11-18(24-20)14-5-6-14)25-21(26-22)16-3-2-4-17-15(16)7-8-23-17/h2-4,7-8,11,13-14,23-24H,5-6,9-10,12H2,1H3/t13-/m1/s1. The Kier molecular flexibility index (Phi) is 3.50. The van der Waals surface area contributed by atoms with Crippen molar-refractivity contribution in [1.82, 2.24) is 19.9 Å². The molecule has 2 aliphatic rings. The zero-order chi connectivity index (χ0) is 18.7. The molecule has 28 heavy (non-hydrogen) atoms. The molecule has 1 aromatic carbocycles. The Hall–Kier alpha value is -2.86. The average Bonchev–Trinajstić information content (AvgIpc) is 3.29. The number of ether oxygens (including phenoxy) is 1. The summed E-state index contributed by atoms with van der Waals surface area (Å²) in [5.74, 6) is 2.43. The Morgan fingerprint density at radius 3 is 2.96 bits per heavy atom. The quantitative estimate of drug-likeness (QED) is 0.564. The number of H-pyrrole nitrogens is 2. The minimum atomic E-state index is 0.287. The summed E-state index contributed by atoms with van der Waals surface area (Å²) in [6.45, 7) is 4.50. The number of aromatic amines is 2. The number of nitrogens with one attached hydrogen (secondary N) is 2. The summed E-state index contributed by atoms with van der Waals surface area (Å²) >= 11 is 0. The van der Waals surface area contributed by atoms with Gasteiger partial charge in [0.05, 0.1) is 24.8 Å². The van der Waals surface area contributed by atoms with Gasteiger partial charge in [0, 0.05) is 34.9 Å². The predicted octanol–water partition coefficient (Wildman–Crippen LogP) is 4.21. The number of anilines is 1. The van der Waals surface area contributed by atoms with E-state index in [2.05, 4.69) is 52.1 Å². The van der Waals surface area contributed by atoms with E-state index in [1.807, 2.05) is 6.20 Å². The third-order valence-corrected chi connectivity index (χ3v) is 5.97. The average molecular weight is 373 g/mol. The molecule has 0 unspecified atom stereocenters. The van der Waals surface area contributed by atoms with Crippen molar-refractivity contribution in [2.75, 3.05) is 24.7 Å². The van der Waals surface area contributed by atoms with Crippen LogP contribution in [-0.4, -0.2) is 45.7 Å². The number of benzene rings is 1. The molecule has 0 spiro atoms. The SMILES string of the molecule is C[C@@H]1COCCN1c1nc(-c2cccc3[nH]ccc23)nc2cc(C3CC3)[nH]c12. The molecule has 6 heteroatoms. The fourth-order valence-corrected chi connectivity index (χ4v) is 4.28. The Bertz CT molecular complexity index is 1170. The van der Waals surface area contributed by atoms with E-state index >= 15 is 0 Å². The topological polar surface area (TPSA) is 69.8 Å². The molecule has 142 valence electrons. The van der Waals surface area contributed by atoms with Crippen LogP contribution >= 0.6 is 0 Å². The molecule has 4 aromatic rings. The molecule has 4 heterocycles. The first-order valence-electron chi connectivity index (χ1n) is 10.1. The first kappa shape index (κ1) is 16.1. The van der Waals surface area contributed by atoms with Crippen molar-refractivity contribution in [3.8, 4) is 11.4 Å². The maximum absolute atomic E-state index is 5.66. The Labute approximate surface area is 162 Å². The van der Waals surface area contributed by atoms with Crippen LogP contribution in [0.1, 0.15) is 31.4 Å². The van der Waals surface area contributed by atoms with Gasteiger partial charge < -0.3 is 19.6 Å². The minimum absolute atomic E-state index is 0.287. The van der Waals surface area contributed by atoms with E-state index in [1.165, 1.54) is 18.5 Å². The largest absolute Gasteiger partial charge is 0.377 e. The van der Waals surface area contributed by atoms with Crippen molar-refractivity contribution in [3.05, 3.63) is 42.2 Å². The lowest BCUT2D eigenvalue weighted by molar-refractivity contribution is 0.0987. The molecule has 1 saturated heterocycles. The van der Waals surface area contributed by atoms with Crippen molar-refractivity contribution < 1.29 is 4.74 Å². The van der Waals surface area contributed by atoms with Gasteiger partial charge >= 0.3 is 0 Å². The number of fused-ring (bicyclic) bond motifs is 2. The predicted molar refractivity (Wildman–Crippen MR) is 111 cm³/mol. The van der Waals surface area contributed by atoms with Crippen molar-refractivity contribution in [2.45, 2.75) is 31.7 Å². The van der Waals surface area contributed by atoms with E-state index < -0.39 is 0 Å². The fraction of sp³-hybridized carbons (Fsp3) is 0.364. The monoisotopic (exact) mass is 373 g/mol. The van der Waals surface area contributed by atoms with Crippen LogP contribution in [-0.2, 0) is 4.74 Å². The van der Waals surface area contributed by atoms with Gasteiger partial charge in [-0.3, -0.25) is 0 Å². The van der Waals surface area contributed by atoms with Crippen molar-refractivity contribution >= 4 is 27.8 Å². The van der Waals surface area contributed by atoms with Gasteiger partial charge in [0.25, 0.3) is 0 Å². The molecule has 2 fully saturated rings. The van der Waals surface area contributed by atoms with Crippen molar-refractivity contribution in [3.63, 3.8) is 0 Å². The molecule has 6 rings (SSSR count). The molecule has 0 radical (unpaired) electrons. The lowest BCUT2D eigenvalue weighted by atomic mass is 10.1. The van der Waals surface area contributed by atoms with Gasteiger partial charge in [0.2, 0.25) is 0 Å². The number of hydrogen-bond donors (Lipinski definition) is 2. The van der Waals surface area contributed by atoms with E-state index in [1.54, 1.807) is 0 Å². The van der Waals surface area contributed by atoms with E-state index in [9.17, 15) is 0 Å². The molecule has 1 saturated carbocycles. The Morgan fingerprint density at radius 2 is 2.11 bits per heavy atom. The third-order valence-electron chi connectivity index (χ3n) is 5.97. The first-order chi connectivity index (χ1) is 13.8. The van der Waals surface area contributed by atoms with Crippen LogP contribution in [0.15, 0.2) is 36.5 Å². The first-order valence-corrected chi connectivity index (χ1v) is 10.1. The van der Waals surface area contributed by atoms with Crippen molar-refractivity contribution in [2.24, 2.45) is 0 Å². The molecule has 1 aliphatic carbocycles. The molecule has 1 aliphatic heterocycles. The Morgan fingerprint density at radius 1 is 1.18 bits per heavy atom. The molecular weight excluding hydrogens is 350 g/mol. The van der Waals surface area contributed by atoms with Crippen LogP contribution in [0.5, 0.6) is 0 Å². The highest BCUT2D eigenvalue weighted by Crippen LogP contribution is 2.42. The van der Waals surface area contributed by atoms with Crippen molar-refractivity contribution in [1.29, 1.82) is 0 Å². The maximum Gasteiger partial charge on any atom is 0.162 e. The van der Waals surface area contributed by atoms with E-state index in [0.29, 0.717) is 5.92 Å². The number of aromatic nitrogens is 4. The Balaban J connectivity index is 1.58. The molecule has 0 bridgehead atoms. The highest BCUT2D eigenvalue weighted by atomic mass is 16.5. The van der Waals surface area contributed by atoms with Gasteiger partial charge in [-0.1, -0.05) is 12.1 Å². The van der Waals surface area contributed by atoms with Crippen LogP contribution < -0.4 is 4.90 Å². The smallest absolute Gasteiger partial charge is 0.162 e. The summed E-state index contributed by atoms with van der Waals surface area (Å²) < 4.78 is 5.66. The molecule has 3 aromatic heterocycles. The molecule has 6 nitrogen and oxygen atoms in total.